The lowest BCUT2D eigenvalue weighted by atomic mass is 9.94. The fourth-order valence-electron chi connectivity index (χ4n) is 4.08. The second-order valence-corrected chi connectivity index (χ2v) is 8.10. The van der Waals surface area contributed by atoms with Gasteiger partial charge in [-0.15, -0.1) is 0 Å². The van der Waals surface area contributed by atoms with Gasteiger partial charge in [-0.3, -0.25) is 14.5 Å². The van der Waals surface area contributed by atoms with Crippen LogP contribution in [-0.4, -0.2) is 31.0 Å². The molecule has 1 fully saturated rings. The van der Waals surface area contributed by atoms with Crippen LogP contribution in [0.5, 0.6) is 11.5 Å². The highest BCUT2D eigenvalue weighted by molar-refractivity contribution is 6.51. The number of ether oxygens (including phenoxy) is 2. The number of aliphatic hydroxyl groups excluding tert-OH is 1. The largest absolute Gasteiger partial charge is 0.507 e. The summed E-state index contributed by atoms with van der Waals surface area (Å²) in [6, 6.07) is 14.0. The number of aryl methyl sites for hydroxylation is 1. The number of rotatable bonds is 5. The number of benzene rings is 3. The van der Waals surface area contributed by atoms with Crippen LogP contribution in [0.2, 0.25) is 5.02 Å². The number of carbonyl (C=O) groups excluding carboxylic acids is 2. The molecule has 0 bridgehead atoms. The quantitative estimate of drug-likeness (QED) is 0.299. The Hall–Kier alpha value is -3.84. The number of aliphatic hydroxyl groups is 1. The highest BCUT2D eigenvalue weighted by atomic mass is 35.5. The normalized spacial score (nSPS) is 17.2. The van der Waals surface area contributed by atoms with Gasteiger partial charge in [-0.1, -0.05) is 29.8 Å². The second-order valence-electron chi connectivity index (χ2n) is 7.69. The summed E-state index contributed by atoms with van der Waals surface area (Å²) in [6.07, 6.45) is 0. The maximum atomic E-state index is 15.0. The van der Waals surface area contributed by atoms with Crippen molar-refractivity contribution in [3.63, 3.8) is 0 Å². The fraction of sp³-hybridized carbons (Fsp3) is 0.154. The zero-order valence-electron chi connectivity index (χ0n) is 18.6. The van der Waals surface area contributed by atoms with Gasteiger partial charge in [0.2, 0.25) is 0 Å². The van der Waals surface area contributed by atoms with Crippen molar-refractivity contribution in [3.8, 4) is 11.5 Å². The van der Waals surface area contributed by atoms with Gasteiger partial charge in [-0.25, -0.2) is 4.39 Å². The highest BCUT2D eigenvalue weighted by Crippen LogP contribution is 2.44. The lowest BCUT2D eigenvalue weighted by Gasteiger charge is -2.26. The first-order valence-electron chi connectivity index (χ1n) is 10.3. The second kappa shape index (κ2) is 9.19. The Bertz CT molecular complexity index is 1340. The Labute approximate surface area is 200 Å². The minimum absolute atomic E-state index is 0.0559. The maximum absolute atomic E-state index is 15.0. The van der Waals surface area contributed by atoms with Crippen molar-refractivity contribution in [2.45, 2.75) is 13.0 Å². The summed E-state index contributed by atoms with van der Waals surface area (Å²) in [7, 11) is 2.97. The van der Waals surface area contributed by atoms with Gasteiger partial charge in [0.15, 0.2) is 0 Å². The first-order chi connectivity index (χ1) is 16.3. The number of hydrogen-bond donors (Lipinski definition) is 1. The average molecular weight is 482 g/mol. The topological polar surface area (TPSA) is 76.1 Å². The van der Waals surface area contributed by atoms with E-state index >= 15 is 0 Å². The van der Waals surface area contributed by atoms with E-state index in [-0.39, 0.29) is 21.8 Å². The van der Waals surface area contributed by atoms with E-state index in [2.05, 4.69) is 0 Å². The molecule has 1 saturated heterocycles. The molecule has 1 aliphatic heterocycles. The zero-order chi connectivity index (χ0) is 24.6. The van der Waals surface area contributed by atoms with Crippen LogP contribution in [0.15, 0.2) is 66.2 Å². The Morgan fingerprint density at radius 1 is 1.00 bits per heavy atom. The van der Waals surface area contributed by atoms with E-state index in [1.165, 1.54) is 38.5 Å². The van der Waals surface area contributed by atoms with Crippen molar-refractivity contribution >= 4 is 34.7 Å². The third kappa shape index (κ3) is 3.88. The Morgan fingerprint density at radius 2 is 1.68 bits per heavy atom. The molecule has 0 saturated carbocycles. The van der Waals surface area contributed by atoms with E-state index in [1.54, 1.807) is 43.3 Å². The third-order valence-corrected chi connectivity index (χ3v) is 6.02. The lowest BCUT2D eigenvalue weighted by Crippen LogP contribution is -2.29. The number of carbonyl (C=O) groups is 2. The summed E-state index contributed by atoms with van der Waals surface area (Å²) in [4.78, 5) is 27.5. The van der Waals surface area contributed by atoms with Gasteiger partial charge in [0.25, 0.3) is 11.7 Å². The number of amides is 1. The molecule has 1 amide bonds. The summed E-state index contributed by atoms with van der Waals surface area (Å²) in [5, 5.41) is 11.4. The van der Waals surface area contributed by atoms with Crippen molar-refractivity contribution in [3.05, 3.63) is 93.8 Å². The Balaban J connectivity index is 1.96. The number of Topliss-reactive ketones (excluding diaryl/α,β-unsaturated/α-hetero) is 1. The maximum Gasteiger partial charge on any atom is 0.300 e. The molecule has 34 heavy (non-hydrogen) atoms. The van der Waals surface area contributed by atoms with E-state index in [0.29, 0.717) is 22.6 Å². The summed E-state index contributed by atoms with van der Waals surface area (Å²) in [5.41, 5.74) is 1.09. The average Bonchev–Trinajstić information content (AvgIpc) is 3.09. The third-order valence-electron chi connectivity index (χ3n) is 5.73. The molecule has 1 N–H and O–H groups in total. The van der Waals surface area contributed by atoms with Gasteiger partial charge in [0.05, 0.1) is 30.9 Å². The molecular weight excluding hydrogens is 461 g/mol. The van der Waals surface area contributed by atoms with Crippen molar-refractivity contribution in [1.29, 1.82) is 0 Å². The molecule has 174 valence electrons. The summed E-state index contributed by atoms with van der Waals surface area (Å²) < 4.78 is 25.4. The van der Waals surface area contributed by atoms with Crippen LogP contribution >= 0.6 is 11.6 Å². The van der Waals surface area contributed by atoms with Gasteiger partial charge in [0, 0.05) is 16.8 Å². The predicted octanol–water partition coefficient (Wildman–Crippen LogP) is 5.43. The Kier molecular flexibility index (Phi) is 6.30. The number of methoxy groups -OCH3 is 2. The minimum Gasteiger partial charge on any atom is -0.507 e. The van der Waals surface area contributed by atoms with Crippen LogP contribution in [-0.2, 0) is 9.59 Å². The highest BCUT2D eigenvalue weighted by Gasteiger charge is 2.48. The summed E-state index contributed by atoms with van der Waals surface area (Å²) >= 11 is 6.26. The smallest absolute Gasteiger partial charge is 0.300 e. The minimum atomic E-state index is -1.21. The van der Waals surface area contributed by atoms with E-state index in [9.17, 15) is 19.1 Å². The van der Waals surface area contributed by atoms with Crippen molar-refractivity contribution in [2.75, 3.05) is 19.1 Å². The number of ketones is 1. The van der Waals surface area contributed by atoms with Crippen LogP contribution < -0.4 is 14.4 Å². The number of hydrogen-bond acceptors (Lipinski definition) is 5. The van der Waals surface area contributed by atoms with Crippen LogP contribution in [0, 0.1) is 12.7 Å². The molecule has 1 unspecified atom stereocenters. The number of halogens is 2. The monoisotopic (exact) mass is 481 g/mol. The summed E-state index contributed by atoms with van der Waals surface area (Å²) in [6.45, 7) is 1.78. The molecule has 0 spiro atoms. The van der Waals surface area contributed by atoms with Crippen LogP contribution in [0.1, 0.15) is 22.7 Å². The number of nitrogens with zero attached hydrogens (tertiary/aromatic N) is 1. The lowest BCUT2D eigenvalue weighted by molar-refractivity contribution is -0.132. The molecule has 3 aromatic rings. The number of anilines is 1. The molecule has 0 aromatic heterocycles. The van der Waals surface area contributed by atoms with Gasteiger partial charge in [-0.05, 0) is 55.0 Å². The molecule has 1 heterocycles. The van der Waals surface area contributed by atoms with E-state index in [0.717, 1.165) is 4.90 Å². The van der Waals surface area contributed by atoms with E-state index < -0.39 is 29.3 Å². The molecule has 3 aromatic carbocycles. The predicted molar refractivity (Wildman–Crippen MR) is 127 cm³/mol. The van der Waals surface area contributed by atoms with Gasteiger partial charge in [0.1, 0.15) is 23.1 Å². The molecule has 0 aliphatic carbocycles. The molecule has 1 atom stereocenters. The Morgan fingerprint density at radius 3 is 2.29 bits per heavy atom. The molecule has 6 nitrogen and oxygen atoms in total. The molecule has 8 heteroatoms. The van der Waals surface area contributed by atoms with Crippen molar-refractivity contribution in [2.24, 2.45) is 0 Å². The molecule has 0 radical (unpaired) electrons. The van der Waals surface area contributed by atoms with Gasteiger partial charge >= 0.3 is 0 Å². The van der Waals surface area contributed by atoms with Crippen molar-refractivity contribution < 1.29 is 28.6 Å². The molecular formula is C26H21ClFNO5. The first kappa shape index (κ1) is 23.3. The SMILES string of the molecule is COc1ccc(/C(O)=C2\C(=O)C(=O)N(c3ccc(OC)c(Cl)c3)C2c2ccccc2F)cc1C. The summed E-state index contributed by atoms with van der Waals surface area (Å²) in [5.74, 6) is -1.93. The van der Waals surface area contributed by atoms with Crippen LogP contribution in [0.25, 0.3) is 5.76 Å². The first-order valence-corrected chi connectivity index (χ1v) is 10.7. The van der Waals surface area contributed by atoms with Crippen molar-refractivity contribution in [1.82, 2.24) is 0 Å². The van der Waals surface area contributed by atoms with E-state index in [4.69, 9.17) is 21.1 Å². The molecule has 1 aliphatic rings. The fourth-order valence-corrected chi connectivity index (χ4v) is 4.33. The molecule has 4 rings (SSSR count). The van der Waals surface area contributed by atoms with Gasteiger partial charge < -0.3 is 14.6 Å². The van der Waals surface area contributed by atoms with E-state index in [1.807, 2.05) is 0 Å². The van der Waals surface area contributed by atoms with Crippen LogP contribution in [0.4, 0.5) is 10.1 Å². The van der Waals surface area contributed by atoms with Crippen LogP contribution in [0.3, 0.4) is 0 Å². The standard InChI is InChI=1S/C26H21ClFNO5/c1-14-12-15(8-10-20(14)33-2)24(30)22-23(17-6-4-5-7-19(17)28)29(26(32)25(22)31)16-9-11-21(34-3)18(27)13-16/h4-13,23,30H,1-3H3/b24-22+. The zero-order valence-corrected chi connectivity index (χ0v) is 19.4. The van der Waals surface area contributed by atoms with Gasteiger partial charge in [-0.2, -0.15) is 0 Å².